The largest absolute Gasteiger partial charge is 0.463 e. The van der Waals surface area contributed by atoms with Gasteiger partial charge in [0.2, 0.25) is 5.91 Å². The predicted molar refractivity (Wildman–Crippen MR) is 344 cm³/mol. The van der Waals surface area contributed by atoms with E-state index in [0.29, 0.717) is 23.8 Å². The third-order valence-electron chi connectivity index (χ3n) is 23.8. The summed E-state index contributed by atoms with van der Waals surface area (Å²) in [5, 5.41) is 2.86. The first kappa shape index (κ1) is 77.6. The molecule has 0 aromatic carbocycles. The Kier molecular flexibility index (Phi) is 23.6. The van der Waals surface area contributed by atoms with Gasteiger partial charge in [0.1, 0.15) is 37.6 Å². The topological polar surface area (TPSA) is 347 Å². The quantitative estimate of drug-likeness (QED) is 0.0391. The molecule has 28 nitrogen and oxygen atoms in total. The number of amides is 1. The highest BCUT2D eigenvalue weighted by Crippen LogP contribution is 2.89. The minimum Gasteiger partial charge on any atom is -0.463 e. The molecule has 9 fully saturated rings. The zero-order chi connectivity index (χ0) is 73.6. The number of hydrogen-bond acceptors (Lipinski definition) is 27. The maximum absolute atomic E-state index is 13.6. The number of ether oxygens (including phenoxy) is 16. The lowest BCUT2D eigenvalue weighted by Crippen LogP contribution is -2.69. The van der Waals surface area contributed by atoms with Crippen LogP contribution in [0.2, 0.25) is 0 Å². The normalized spacial score (nSPS) is 41.1. The van der Waals surface area contributed by atoms with E-state index in [9.17, 15) is 52.7 Å². The number of carbonyl (C=O) groups is 11. The molecule has 558 valence electrons. The molecule has 0 aromatic rings. The van der Waals surface area contributed by atoms with Gasteiger partial charge in [-0.1, -0.05) is 59.8 Å². The van der Waals surface area contributed by atoms with E-state index in [-0.39, 0.29) is 51.4 Å². The molecule has 1 amide bonds. The fourth-order valence-electron chi connectivity index (χ4n) is 19.1. The molecule has 1 N–H and O–H groups in total. The Labute approximate surface area is 583 Å². The Hall–Kier alpha value is -6.59. The first-order valence-electron chi connectivity index (χ1n) is 35.1. The van der Waals surface area contributed by atoms with Crippen molar-refractivity contribution in [2.75, 3.05) is 13.2 Å². The van der Waals surface area contributed by atoms with E-state index < -0.39 is 183 Å². The lowest BCUT2D eigenvalue weighted by molar-refractivity contribution is -0.397. The molecule has 0 aromatic heterocycles. The summed E-state index contributed by atoms with van der Waals surface area (Å²) in [6.07, 6.45) is -11.8. The second kappa shape index (κ2) is 30.4. The molecule has 27 atom stereocenters. The van der Waals surface area contributed by atoms with Crippen LogP contribution >= 0.6 is 0 Å². The number of hydrogen-bond donors (Lipinski definition) is 1. The molecule has 28 heteroatoms. The molecule has 9 rings (SSSR count). The van der Waals surface area contributed by atoms with E-state index in [1.54, 1.807) is 6.92 Å². The lowest BCUT2D eigenvalue weighted by Gasteiger charge is -2.63. The fourth-order valence-corrected chi connectivity index (χ4v) is 19.1. The van der Waals surface area contributed by atoms with Crippen LogP contribution in [0.25, 0.3) is 0 Å². The first-order valence-corrected chi connectivity index (χ1v) is 35.1. The van der Waals surface area contributed by atoms with Crippen LogP contribution in [0.15, 0.2) is 23.8 Å². The molecule has 0 unspecified atom stereocenters. The van der Waals surface area contributed by atoms with Crippen LogP contribution in [0.4, 0.5) is 0 Å². The van der Waals surface area contributed by atoms with Gasteiger partial charge in [0.15, 0.2) is 73.8 Å². The van der Waals surface area contributed by atoms with Gasteiger partial charge in [0.05, 0.1) is 12.2 Å². The van der Waals surface area contributed by atoms with Crippen molar-refractivity contribution in [3.05, 3.63) is 23.8 Å². The number of rotatable bonds is 22. The van der Waals surface area contributed by atoms with E-state index in [0.717, 1.165) is 107 Å². The van der Waals surface area contributed by atoms with Crippen LogP contribution in [-0.2, 0) is 129 Å². The Bertz CT molecular complexity index is 3200. The molecule has 5 aliphatic carbocycles. The van der Waals surface area contributed by atoms with E-state index in [1.165, 1.54) is 13.8 Å². The maximum Gasteiger partial charge on any atom is 0.329 e. The molecule has 9 aliphatic rings. The number of cyclic esters (lactones) is 1. The van der Waals surface area contributed by atoms with Crippen molar-refractivity contribution in [3.8, 4) is 0 Å². The van der Waals surface area contributed by atoms with E-state index in [2.05, 4.69) is 46.0 Å². The molecular weight excluding hydrogens is 1310 g/mol. The molecule has 100 heavy (non-hydrogen) atoms. The highest BCUT2D eigenvalue weighted by atomic mass is 16.8. The van der Waals surface area contributed by atoms with E-state index in [1.807, 2.05) is 26.0 Å². The van der Waals surface area contributed by atoms with Crippen LogP contribution in [0, 0.1) is 56.7 Å². The molecule has 0 radical (unpaired) electrons. The summed E-state index contributed by atoms with van der Waals surface area (Å²) in [6.45, 7) is 27.1. The number of esters is 10. The zero-order valence-electron chi connectivity index (χ0n) is 60.8. The highest BCUT2D eigenvalue weighted by molar-refractivity contribution is 5.96. The number of allylic oxidation sites excluding steroid dienone is 3. The third-order valence-corrected chi connectivity index (χ3v) is 23.8. The molecule has 5 saturated carbocycles. The molecular formula is C72H103NO27. The molecule has 4 aliphatic heterocycles. The van der Waals surface area contributed by atoms with Gasteiger partial charge < -0.3 is 81.1 Å². The van der Waals surface area contributed by atoms with Gasteiger partial charge in [-0.05, 0) is 129 Å². The maximum atomic E-state index is 13.6. The lowest BCUT2D eigenvalue weighted by atomic mass is 9.42. The van der Waals surface area contributed by atoms with Gasteiger partial charge in [-0.15, -0.1) is 0 Å². The van der Waals surface area contributed by atoms with Crippen molar-refractivity contribution < 1.29 is 129 Å². The SMILES string of the molecule is CC(=O)OC[C@H]1O[C@@H](O[C@H]2[C@H](O[C@H]3CC[C@]45C[C@]46CC[C@]4(C)[C@@H]([C@H](C)/C=C/C=C(\C)C(=O)N[C@@H]7C(=O)O[C@H](C)[C@H]7C)CC[C@@]4(C)[C@@H]6CC[C@H]5C3(C)C)O[C@H](COC(C)=O)[C@@H](OC(C)=O)[C@@H]2OC(C)=O)[C@H](O[C@@H]2O[C@@H](C)[C@H](OC(C)=O)[C@@H](OC(C)=O)[C@H]2OC(C)=O)[C@@H](OC(C)=O)[C@@H]1OC(C)=O. The Balaban J connectivity index is 1.05. The van der Waals surface area contributed by atoms with Crippen LogP contribution in [0.1, 0.15) is 182 Å². The van der Waals surface area contributed by atoms with Crippen molar-refractivity contribution in [3.63, 3.8) is 0 Å². The first-order chi connectivity index (χ1) is 46.8. The van der Waals surface area contributed by atoms with Crippen molar-refractivity contribution in [2.45, 2.75) is 293 Å². The summed E-state index contributed by atoms with van der Waals surface area (Å²) in [4.78, 5) is 143. The highest BCUT2D eigenvalue weighted by Gasteiger charge is 2.82. The second-order valence-electron chi connectivity index (χ2n) is 30.3. The summed E-state index contributed by atoms with van der Waals surface area (Å²) < 4.78 is 98.2. The van der Waals surface area contributed by atoms with Crippen molar-refractivity contribution in [1.29, 1.82) is 0 Å². The summed E-state index contributed by atoms with van der Waals surface area (Å²) in [5.41, 5.74) is -0.0673. The number of nitrogens with one attached hydrogen (secondary N) is 1. The van der Waals surface area contributed by atoms with E-state index >= 15 is 0 Å². The Morgan fingerprint density at radius 2 is 0.940 bits per heavy atom. The van der Waals surface area contributed by atoms with Gasteiger partial charge in [-0.25, -0.2) is 4.79 Å². The number of carbonyl (C=O) groups excluding carboxylic acids is 11. The average Bonchev–Trinajstić information content (AvgIpc) is 1.46. The van der Waals surface area contributed by atoms with Gasteiger partial charge in [-0.2, -0.15) is 0 Å². The van der Waals surface area contributed by atoms with Gasteiger partial charge in [-0.3, -0.25) is 47.9 Å². The minimum absolute atomic E-state index is 0.0159. The van der Waals surface area contributed by atoms with E-state index in [4.69, 9.17) is 75.8 Å². The average molecular weight is 1410 g/mol. The third kappa shape index (κ3) is 15.5. The Morgan fingerprint density at radius 1 is 0.490 bits per heavy atom. The van der Waals surface area contributed by atoms with Crippen molar-refractivity contribution in [1.82, 2.24) is 5.32 Å². The molecule has 4 saturated heterocycles. The van der Waals surface area contributed by atoms with Crippen LogP contribution in [-0.4, -0.2) is 189 Å². The fraction of sp³-hybridized carbons (Fsp3) is 0.792. The summed E-state index contributed by atoms with van der Waals surface area (Å²) in [5.74, 6) is -7.66. The van der Waals surface area contributed by atoms with Crippen LogP contribution in [0.5, 0.6) is 0 Å². The standard InChI is InChI=1S/C72H103NO27/c1-33(20-19-21-34(2)63(83)73-53-35(3)36(4)87-64(53)84)47-24-26-70(18)51-23-22-50-68(15,16)52(25-27-71(50)32-72(51,71)29-28-69(47,70)17)98-66-61(58(93-44(12)80)55(90-41(9)77)48(96-66)30-85-38(6)74)100-67-62(59(94-45(13)81)56(91-42(10)78)49(97-67)31-86-39(7)75)99-65-60(95-46(14)82)57(92-43(11)79)54(37(5)88-65)89-40(8)76/h19-21,33,35-37,47-62,65-67H,22-32H2,1-18H3,(H,73,83)/b20-19+,34-21+/t33-,35-,36-,37+,47-,48-,49-,50+,51+,52+,53+,54+,55-,56-,57-,58+,59+,60-,61-,62-,65+,66+,67+,69-,70+,71-,72+/m1/s1. The predicted octanol–water partition coefficient (Wildman–Crippen LogP) is 6.63. The van der Waals surface area contributed by atoms with Gasteiger partial charge >= 0.3 is 59.7 Å². The van der Waals surface area contributed by atoms with Crippen LogP contribution in [0.3, 0.4) is 0 Å². The van der Waals surface area contributed by atoms with Crippen LogP contribution < -0.4 is 5.32 Å². The van der Waals surface area contributed by atoms with Crippen molar-refractivity contribution in [2.24, 2.45) is 56.7 Å². The molecule has 2 spiro atoms. The van der Waals surface area contributed by atoms with Crippen molar-refractivity contribution >= 4 is 65.6 Å². The smallest absolute Gasteiger partial charge is 0.329 e. The van der Waals surface area contributed by atoms with Gasteiger partial charge in [0, 0.05) is 73.8 Å². The van der Waals surface area contributed by atoms with Gasteiger partial charge in [0.25, 0.3) is 0 Å². The molecule has 0 bridgehead atoms. The monoisotopic (exact) mass is 1410 g/mol. The Morgan fingerprint density at radius 3 is 1.43 bits per heavy atom. The summed E-state index contributed by atoms with van der Waals surface area (Å²) in [7, 11) is 0. The summed E-state index contributed by atoms with van der Waals surface area (Å²) >= 11 is 0. The zero-order valence-corrected chi connectivity index (χ0v) is 60.8. The molecule has 4 heterocycles. The number of fused-ring (bicyclic) bond motifs is 2. The second-order valence-corrected chi connectivity index (χ2v) is 30.3. The minimum atomic E-state index is -2.02. The summed E-state index contributed by atoms with van der Waals surface area (Å²) in [6, 6.07) is -0.697.